The van der Waals surface area contributed by atoms with Crippen molar-refractivity contribution in [2.75, 3.05) is 26.8 Å². The van der Waals surface area contributed by atoms with Gasteiger partial charge in [0.1, 0.15) is 5.75 Å². The van der Waals surface area contributed by atoms with Crippen LogP contribution < -0.4 is 4.74 Å². The summed E-state index contributed by atoms with van der Waals surface area (Å²) >= 11 is 0. The Balaban J connectivity index is 1.31. The SMILES string of the molecule is COc1cccc(CC(=O)N2CCC3(CC2)CO[C@H]([C@@]2(C)CC[C@@H](C(C)(C)O)O2)C3)c1. The zero-order valence-corrected chi connectivity index (χ0v) is 19.4. The smallest absolute Gasteiger partial charge is 0.226 e. The highest BCUT2D eigenvalue weighted by Crippen LogP contribution is 2.49. The van der Waals surface area contributed by atoms with Crippen molar-refractivity contribution < 1.29 is 24.1 Å². The quantitative estimate of drug-likeness (QED) is 0.774. The van der Waals surface area contributed by atoms with Crippen molar-refractivity contribution in [3.8, 4) is 5.75 Å². The van der Waals surface area contributed by atoms with Crippen molar-refractivity contribution in [1.29, 1.82) is 0 Å². The zero-order valence-electron chi connectivity index (χ0n) is 19.4. The molecule has 3 saturated heterocycles. The fourth-order valence-electron chi connectivity index (χ4n) is 5.42. The zero-order chi connectivity index (χ0) is 22.3. The molecular weight excluding hydrogens is 394 g/mol. The number of hydrogen-bond acceptors (Lipinski definition) is 5. The van der Waals surface area contributed by atoms with Gasteiger partial charge in [0.05, 0.1) is 43.5 Å². The Labute approximate surface area is 185 Å². The van der Waals surface area contributed by atoms with Gasteiger partial charge in [-0.2, -0.15) is 0 Å². The molecule has 3 aliphatic heterocycles. The molecule has 31 heavy (non-hydrogen) atoms. The number of carbonyl (C=O) groups is 1. The van der Waals surface area contributed by atoms with Gasteiger partial charge < -0.3 is 24.2 Å². The molecule has 1 aromatic carbocycles. The predicted octanol–water partition coefficient (Wildman–Crippen LogP) is 3.34. The first kappa shape index (κ1) is 22.6. The Morgan fingerprint density at radius 3 is 2.68 bits per heavy atom. The summed E-state index contributed by atoms with van der Waals surface area (Å²) in [6.45, 7) is 8.07. The first-order chi connectivity index (χ1) is 14.6. The predicted molar refractivity (Wildman–Crippen MR) is 118 cm³/mol. The van der Waals surface area contributed by atoms with E-state index in [0.717, 1.165) is 63.1 Å². The summed E-state index contributed by atoms with van der Waals surface area (Å²) < 4.78 is 17.9. The molecule has 0 unspecified atom stereocenters. The normalized spacial score (nSPS) is 30.7. The summed E-state index contributed by atoms with van der Waals surface area (Å²) in [4.78, 5) is 14.8. The molecule has 0 saturated carbocycles. The van der Waals surface area contributed by atoms with E-state index >= 15 is 0 Å². The molecule has 0 bridgehead atoms. The lowest BCUT2D eigenvalue weighted by Gasteiger charge is -2.39. The van der Waals surface area contributed by atoms with E-state index in [-0.39, 0.29) is 29.1 Å². The summed E-state index contributed by atoms with van der Waals surface area (Å²) in [7, 11) is 1.64. The van der Waals surface area contributed by atoms with Gasteiger partial charge in [-0.1, -0.05) is 12.1 Å². The van der Waals surface area contributed by atoms with Gasteiger partial charge in [0.15, 0.2) is 0 Å². The standard InChI is InChI=1S/C25H37NO5/c1-23(2,28)20-8-9-24(3,31-20)21-16-25(17-30-21)10-12-26(13-11-25)22(27)15-18-6-5-7-19(14-18)29-4/h5-7,14,20-21,28H,8-13,15-17H2,1-4H3/t20-,21-,24+/m0/s1. The monoisotopic (exact) mass is 431 g/mol. The van der Waals surface area contributed by atoms with Gasteiger partial charge in [-0.15, -0.1) is 0 Å². The van der Waals surface area contributed by atoms with Gasteiger partial charge in [-0.3, -0.25) is 4.79 Å². The Bertz CT molecular complexity index is 795. The van der Waals surface area contributed by atoms with Gasteiger partial charge in [-0.05, 0) is 76.0 Å². The Kier molecular flexibility index (Phi) is 6.10. The van der Waals surface area contributed by atoms with Gasteiger partial charge in [0.2, 0.25) is 5.91 Å². The minimum absolute atomic E-state index is 0.0545. The highest BCUT2D eigenvalue weighted by Gasteiger charge is 2.53. The Morgan fingerprint density at radius 2 is 2.03 bits per heavy atom. The van der Waals surface area contributed by atoms with Crippen LogP contribution in [-0.2, 0) is 20.7 Å². The lowest BCUT2D eigenvalue weighted by atomic mass is 9.74. The second kappa shape index (κ2) is 8.38. The van der Waals surface area contributed by atoms with Crippen LogP contribution in [0.5, 0.6) is 5.75 Å². The lowest BCUT2D eigenvalue weighted by Crippen LogP contribution is -2.45. The molecule has 0 aliphatic carbocycles. The highest BCUT2D eigenvalue weighted by molar-refractivity contribution is 5.79. The van der Waals surface area contributed by atoms with Crippen molar-refractivity contribution >= 4 is 5.91 Å². The summed E-state index contributed by atoms with van der Waals surface area (Å²) in [5.41, 5.74) is -0.0475. The molecule has 1 spiro atoms. The molecule has 3 heterocycles. The number of nitrogens with zero attached hydrogens (tertiary/aromatic N) is 1. The minimum atomic E-state index is -0.831. The highest BCUT2D eigenvalue weighted by atomic mass is 16.6. The molecule has 1 aromatic rings. The number of rotatable bonds is 5. The molecule has 6 heteroatoms. The van der Waals surface area contributed by atoms with E-state index in [1.807, 2.05) is 43.0 Å². The summed E-state index contributed by atoms with van der Waals surface area (Å²) in [5.74, 6) is 0.962. The molecule has 1 N–H and O–H groups in total. The minimum Gasteiger partial charge on any atom is -0.497 e. The third kappa shape index (κ3) is 4.76. The largest absolute Gasteiger partial charge is 0.497 e. The fourth-order valence-corrected chi connectivity index (χ4v) is 5.42. The summed E-state index contributed by atoms with van der Waals surface area (Å²) in [5, 5.41) is 10.3. The van der Waals surface area contributed by atoms with E-state index in [4.69, 9.17) is 14.2 Å². The molecule has 3 fully saturated rings. The third-order valence-corrected chi connectivity index (χ3v) is 7.66. The number of ether oxygens (including phenoxy) is 3. The van der Waals surface area contributed by atoms with E-state index in [1.54, 1.807) is 7.11 Å². The van der Waals surface area contributed by atoms with Gasteiger partial charge >= 0.3 is 0 Å². The number of hydrogen-bond donors (Lipinski definition) is 1. The molecule has 1 amide bonds. The Morgan fingerprint density at radius 1 is 1.29 bits per heavy atom. The van der Waals surface area contributed by atoms with E-state index < -0.39 is 5.60 Å². The van der Waals surface area contributed by atoms with Crippen LogP contribution in [0.2, 0.25) is 0 Å². The van der Waals surface area contributed by atoms with Crippen LogP contribution in [0.4, 0.5) is 0 Å². The molecule has 172 valence electrons. The van der Waals surface area contributed by atoms with Crippen LogP contribution >= 0.6 is 0 Å². The average Bonchev–Trinajstić information content (AvgIpc) is 3.34. The number of amides is 1. The van der Waals surface area contributed by atoms with Crippen LogP contribution in [0.25, 0.3) is 0 Å². The van der Waals surface area contributed by atoms with Crippen molar-refractivity contribution in [3.63, 3.8) is 0 Å². The van der Waals surface area contributed by atoms with Crippen molar-refractivity contribution in [2.24, 2.45) is 5.41 Å². The van der Waals surface area contributed by atoms with E-state index in [1.165, 1.54) is 0 Å². The Hall–Kier alpha value is -1.63. The second-order valence-corrected chi connectivity index (χ2v) is 10.5. The first-order valence-electron chi connectivity index (χ1n) is 11.6. The van der Waals surface area contributed by atoms with Crippen molar-refractivity contribution in [1.82, 2.24) is 4.90 Å². The van der Waals surface area contributed by atoms with Crippen LogP contribution in [0.1, 0.15) is 58.4 Å². The molecular formula is C25H37NO5. The topological polar surface area (TPSA) is 68.2 Å². The van der Waals surface area contributed by atoms with Crippen LogP contribution in [-0.4, -0.2) is 66.1 Å². The second-order valence-electron chi connectivity index (χ2n) is 10.5. The number of benzene rings is 1. The third-order valence-electron chi connectivity index (χ3n) is 7.66. The number of aliphatic hydroxyl groups is 1. The van der Waals surface area contributed by atoms with Crippen LogP contribution in [0.3, 0.4) is 0 Å². The maximum atomic E-state index is 12.8. The molecule has 0 aromatic heterocycles. The van der Waals surface area contributed by atoms with E-state index in [0.29, 0.717) is 6.42 Å². The van der Waals surface area contributed by atoms with Gasteiger partial charge in [0, 0.05) is 13.1 Å². The summed E-state index contributed by atoms with van der Waals surface area (Å²) in [6.07, 6.45) is 5.00. The number of methoxy groups -OCH3 is 1. The maximum absolute atomic E-state index is 12.8. The molecule has 6 nitrogen and oxygen atoms in total. The van der Waals surface area contributed by atoms with Crippen LogP contribution in [0, 0.1) is 5.41 Å². The van der Waals surface area contributed by atoms with Gasteiger partial charge in [0.25, 0.3) is 0 Å². The number of piperidine rings is 1. The molecule has 0 radical (unpaired) electrons. The van der Waals surface area contributed by atoms with E-state index in [9.17, 15) is 9.90 Å². The van der Waals surface area contributed by atoms with Crippen molar-refractivity contribution in [2.45, 2.75) is 82.7 Å². The van der Waals surface area contributed by atoms with Crippen LogP contribution in [0.15, 0.2) is 24.3 Å². The summed E-state index contributed by atoms with van der Waals surface area (Å²) in [6, 6.07) is 7.73. The van der Waals surface area contributed by atoms with Crippen molar-refractivity contribution in [3.05, 3.63) is 29.8 Å². The maximum Gasteiger partial charge on any atom is 0.226 e. The average molecular weight is 432 g/mol. The first-order valence-corrected chi connectivity index (χ1v) is 11.6. The molecule has 3 aliphatic rings. The number of likely N-dealkylation sites (tertiary alicyclic amines) is 1. The van der Waals surface area contributed by atoms with Gasteiger partial charge in [-0.25, -0.2) is 0 Å². The lowest BCUT2D eigenvalue weighted by molar-refractivity contribution is -0.155. The fraction of sp³-hybridized carbons (Fsp3) is 0.720. The molecule has 3 atom stereocenters. The molecule has 4 rings (SSSR count). The van der Waals surface area contributed by atoms with E-state index in [2.05, 4.69) is 6.92 Å². The number of carbonyl (C=O) groups excluding carboxylic acids is 1.